The van der Waals surface area contributed by atoms with Crippen LogP contribution in [0.15, 0.2) is 42.5 Å². The van der Waals surface area contributed by atoms with Gasteiger partial charge in [-0.05, 0) is 63.4 Å². The molecule has 0 saturated carbocycles. The third-order valence-corrected chi connectivity index (χ3v) is 7.71. The molecule has 0 bridgehead atoms. The summed E-state index contributed by atoms with van der Waals surface area (Å²) >= 11 is 0. The molecule has 0 amide bonds. The molecular weight excluding hydrogens is 552 g/mol. The zero-order valence-electron chi connectivity index (χ0n) is 19.9. The first kappa shape index (κ1) is 27.8. The number of rotatable bonds is 12. The summed E-state index contributed by atoms with van der Waals surface area (Å²) in [4.78, 5) is 0. The van der Waals surface area contributed by atoms with Crippen molar-refractivity contribution in [3.63, 3.8) is 0 Å². The van der Waals surface area contributed by atoms with E-state index in [2.05, 4.69) is 28.2 Å². The third-order valence-electron chi connectivity index (χ3n) is 5.58. The maximum atomic E-state index is 12.9. The van der Waals surface area contributed by atoms with E-state index in [4.69, 9.17) is 19.5 Å². The molecule has 0 saturated heterocycles. The van der Waals surface area contributed by atoms with Crippen LogP contribution in [0.5, 0.6) is 5.75 Å². The van der Waals surface area contributed by atoms with Crippen LogP contribution in [0.3, 0.4) is 0 Å². The second-order valence-corrected chi connectivity index (χ2v) is 9.50. The van der Waals surface area contributed by atoms with Crippen LogP contribution in [0.2, 0.25) is 0 Å². The van der Waals surface area contributed by atoms with Crippen LogP contribution >= 0.6 is 7.60 Å². The van der Waals surface area contributed by atoms with Crippen molar-refractivity contribution in [1.82, 2.24) is 4.57 Å². The van der Waals surface area contributed by atoms with Crippen LogP contribution in [-0.2, 0) is 39.7 Å². The second-order valence-electron chi connectivity index (χ2n) is 7.47. The highest BCUT2D eigenvalue weighted by Gasteiger charge is 2.26. The van der Waals surface area contributed by atoms with Gasteiger partial charge in [0.1, 0.15) is 5.75 Å². The van der Waals surface area contributed by atoms with E-state index in [1.807, 2.05) is 44.2 Å². The monoisotopic (exact) mass is 587 g/mol. The largest absolute Gasteiger partial charge is 1.00 e. The van der Waals surface area contributed by atoms with E-state index in [9.17, 15) is 4.57 Å². The van der Waals surface area contributed by atoms with Crippen LogP contribution < -0.4 is 44.3 Å². The molecule has 1 heterocycles. The molecule has 3 aromatic rings. The van der Waals surface area contributed by atoms with Gasteiger partial charge >= 0.3 is 7.60 Å². The molecule has 1 aromatic heterocycles. The fraction of sp³-hybridized carbons (Fsp3) is 0.458. The van der Waals surface area contributed by atoms with Gasteiger partial charge in [-0.2, -0.15) is 0 Å². The minimum atomic E-state index is -3.24. The standard InChI is InChI=1S/C24H35N3O4P.HI/c1-5-26-23-17-20(29-4)12-15-22(23)27(24(26)18-25)16-8-9-19-10-13-21(14-11-19)32(28,30-6-2)31-7-3;/h10-15,17H,5-9,16,18,25H2,1-4H3;1H/q+1;/p-1. The first-order valence-electron chi connectivity index (χ1n) is 11.3. The third kappa shape index (κ3) is 6.17. The predicted molar refractivity (Wildman–Crippen MR) is 128 cm³/mol. The van der Waals surface area contributed by atoms with Gasteiger partial charge in [-0.25, -0.2) is 9.13 Å². The quantitative estimate of drug-likeness (QED) is 0.194. The number of benzene rings is 2. The number of fused-ring (bicyclic) bond motifs is 1. The van der Waals surface area contributed by atoms with Crippen LogP contribution in [0, 0.1) is 0 Å². The molecule has 0 aliphatic carbocycles. The summed E-state index contributed by atoms with van der Waals surface area (Å²) in [7, 11) is -1.56. The lowest BCUT2D eigenvalue weighted by atomic mass is 10.1. The summed E-state index contributed by atoms with van der Waals surface area (Å²) in [5, 5.41) is 0.602. The number of hydrogen-bond donors (Lipinski definition) is 1. The summed E-state index contributed by atoms with van der Waals surface area (Å²) < 4.78 is 33.8. The molecule has 0 unspecified atom stereocenters. The van der Waals surface area contributed by atoms with Crippen LogP contribution in [0.4, 0.5) is 0 Å². The molecular formula is C24H35IN3O4P. The molecule has 0 radical (unpaired) electrons. The van der Waals surface area contributed by atoms with Crippen molar-refractivity contribution < 1.29 is 46.9 Å². The van der Waals surface area contributed by atoms with Crippen LogP contribution in [-0.4, -0.2) is 24.9 Å². The van der Waals surface area contributed by atoms with Gasteiger partial charge in [0, 0.05) is 6.07 Å². The smallest absolute Gasteiger partial charge is 0.361 e. The van der Waals surface area contributed by atoms with Gasteiger partial charge in [0.15, 0.2) is 11.0 Å². The van der Waals surface area contributed by atoms with Gasteiger partial charge in [-0.3, -0.25) is 4.57 Å². The molecule has 7 nitrogen and oxygen atoms in total. The number of imidazole rings is 1. The molecule has 33 heavy (non-hydrogen) atoms. The van der Waals surface area contributed by atoms with Crippen molar-refractivity contribution in [1.29, 1.82) is 0 Å². The van der Waals surface area contributed by atoms with E-state index in [1.54, 1.807) is 7.11 Å². The molecule has 0 atom stereocenters. The topological polar surface area (TPSA) is 79.6 Å². The van der Waals surface area contributed by atoms with Crippen LogP contribution in [0.1, 0.15) is 38.6 Å². The fourth-order valence-electron chi connectivity index (χ4n) is 4.13. The Morgan fingerprint density at radius 2 is 1.70 bits per heavy atom. The Morgan fingerprint density at radius 1 is 1.03 bits per heavy atom. The zero-order valence-corrected chi connectivity index (χ0v) is 23.0. The lowest BCUT2D eigenvalue weighted by Crippen LogP contribution is -3.00. The average Bonchev–Trinajstić information content (AvgIpc) is 3.11. The van der Waals surface area contributed by atoms with Crippen molar-refractivity contribution >= 4 is 23.9 Å². The normalized spacial score (nSPS) is 11.5. The Hall–Kier alpha value is -1.45. The Labute approximate surface area is 213 Å². The Kier molecular flexibility index (Phi) is 10.8. The van der Waals surface area contributed by atoms with E-state index in [0.29, 0.717) is 25.1 Å². The Morgan fingerprint density at radius 3 is 2.24 bits per heavy atom. The summed E-state index contributed by atoms with van der Waals surface area (Å²) in [6.45, 7) is 8.65. The van der Waals surface area contributed by atoms with Crippen molar-refractivity contribution in [3.8, 4) is 5.75 Å². The summed E-state index contributed by atoms with van der Waals surface area (Å²) in [6, 6.07) is 13.9. The molecule has 182 valence electrons. The molecule has 0 aliphatic heterocycles. The summed E-state index contributed by atoms with van der Waals surface area (Å²) in [5.74, 6) is 1.96. The van der Waals surface area contributed by atoms with E-state index >= 15 is 0 Å². The minimum absolute atomic E-state index is 0. The Balaban J connectivity index is 0.00000385. The highest BCUT2D eigenvalue weighted by Crippen LogP contribution is 2.46. The van der Waals surface area contributed by atoms with E-state index in [-0.39, 0.29) is 24.0 Å². The van der Waals surface area contributed by atoms with Gasteiger partial charge in [0.05, 0.1) is 45.3 Å². The predicted octanol–water partition coefficient (Wildman–Crippen LogP) is 0.944. The molecule has 3 rings (SSSR count). The van der Waals surface area contributed by atoms with Gasteiger partial charge in [0.25, 0.3) is 5.82 Å². The second kappa shape index (κ2) is 12.9. The maximum absolute atomic E-state index is 12.9. The minimum Gasteiger partial charge on any atom is -1.00 e. The number of nitrogens with two attached hydrogens (primary N) is 1. The molecule has 0 spiro atoms. The van der Waals surface area contributed by atoms with Gasteiger partial charge in [-0.1, -0.05) is 12.1 Å². The van der Waals surface area contributed by atoms with Gasteiger partial charge < -0.3 is 43.5 Å². The highest BCUT2D eigenvalue weighted by molar-refractivity contribution is 7.62. The first-order chi connectivity index (χ1) is 15.5. The number of methoxy groups -OCH3 is 1. The average molecular weight is 587 g/mol. The van der Waals surface area contributed by atoms with Gasteiger partial charge in [0.2, 0.25) is 0 Å². The molecule has 2 N–H and O–H groups in total. The molecule has 0 fully saturated rings. The van der Waals surface area contributed by atoms with E-state index in [0.717, 1.165) is 48.5 Å². The zero-order chi connectivity index (χ0) is 23.1. The number of aromatic nitrogens is 2. The number of halogens is 1. The lowest BCUT2D eigenvalue weighted by Gasteiger charge is -2.17. The Bertz CT molecular complexity index is 1080. The molecule has 0 aliphatic rings. The number of ether oxygens (including phenoxy) is 1. The van der Waals surface area contributed by atoms with Crippen molar-refractivity contribution in [2.75, 3.05) is 20.3 Å². The SMILES string of the molecule is CCOP(=O)(OCC)c1ccc(CCC[n+]2c(CN)n(CC)c3cc(OC)ccc32)cc1.[I-]. The fourth-order valence-corrected chi connectivity index (χ4v) is 5.70. The summed E-state index contributed by atoms with van der Waals surface area (Å²) in [5.41, 5.74) is 9.61. The van der Waals surface area contributed by atoms with Gasteiger partial charge in [-0.15, -0.1) is 0 Å². The summed E-state index contributed by atoms with van der Waals surface area (Å²) in [6.07, 6.45) is 1.86. The number of aryl methyl sites for hydroxylation is 3. The molecule has 9 heteroatoms. The highest BCUT2D eigenvalue weighted by atomic mass is 127. The number of nitrogens with zero attached hydrogens (tertiary/aromatic N) is 2. The van der Waals surface area contributed by atoms with E-state index < -0.39 is 7.60 Å². The lowest BCUT2D eigenvalue weighted by molar-refractivity contribution is -0.680. The first-order valence-corrected chi connectivity index (χ1v) is 12.8. The van der Waals surface area contributed by atoms with Crippen molar-refractivity contribution in [2.45, 2.75) is 53.2 Å². The van der Waals surface area contributed by atoms with Crippen LogP contribution in [0.25, 0.3) is 11.0 Å². The van der Waals surface area contributed by atoms with Crippen molar-refractivity contribution in [3.05, 3.63) is 53.9 Å². The van der Waals surface area contributed by atoms with E-state index in [1.165, 1.54) is 5.56 Å². The maximum Gasteiger partial charge on any atom is 0.361 e. The molecule has 2 aromatic carbocycles. The number of hydrogen-bond acceptors (Lipinski definition) is 5. The van der Waals surface area contributed by atoms with Crippen molar-refractivity contribution in [2.24, 2.45) is 5.73 Å².